The summed E-state index contributed by atoms with van der Waals surface area (Å²) in [6, 6.07) is 29.2. The van der Waals surface area contributed by atoms with E-state index < -0.39 is 20.0 Å². The van der Waals surface area contributed by atoms with Crippen molar-refractivity contribution in [3.8, 4) is 22.3 Å². The van der Waals surface area contributed by atoms with Gasteiger partial charge in [-0.3, -0.25) is 0 Å². The van der Waals surface area contributed by atoms with E-state index in [1.807, 2.05) is 11.1 Å². The van der Waals surface area contributed by atoms with E-state index >= 15 is 0 Å². The van der Waals surface area contributed by atoms with Crippen LogP contribution in [-0.4, -0.2) is 0 Å². The van der Waals surface area contributed by atoms with Gasteiger partial charge in [-0.1, -0.05) is 0 Å². The summed E-state index contributed by atoms with van der Waals surface area (Å²) in [6.45, 7) is 18.6. The molecule has 0 nitrogen and oxygen atoms in total. The molecule has 1 saturated carbocycles. The molecule has 4 aromatic rings. The van der Waals surface area contributed by atoms with E-state index in [9.17, 15) is 0 Å². The first-order valence-electron chi connectivity index (χ1n) is 19.1. The summed E-state index contributed by atoms with van der Waals surface area (Å²) >= 11 is -3.14. The number of rotatable bonds is 2. The second-order valence-electron chi connectivity index (χ2n) is 18.7. The topological polar surface area (TPSA) is 0 Å². The number of benzene rings is 4. The van der Waals surface area contributed by atoms with Crippen LogP contribution in [0.4, 0.5) is 0 Å². The number of fused-ring (bicyclic) bond motifs is 8. The van der Waals surface area contributed by atoms with E-state index in [1.165, 1.54) is 87.7 Å². The molecule has 0 amide bonds. The van der Waals surface area contributed by atoms with Crippen molar-refractivity contribution >= 4 is 12.2 Å². The van der Waals surface area contributed by atoms with Crippen LogP contribution in [0.3, 0.4) is 0 Å². The molecule has 1 spiro atoms. The number of aryl methyl sites for hydroxylation is 2. The molecule has 2 unspecified atom stereocenters. The number of hydrogen-bond acceptors (Lipinski definition) is 0. The molecule has 1 saturated heterocycles. The molecule has 49 heavy (non-hydrogen) atoms. The van der Waals surface area contributed by atoms with Gasteiger partial charge in [0.1, 0.15) is 0 Å². The van der Waals surface area contributed by atoms with E-state index in [0.717, 1.165) is 0 Å². The van der Waals surface area contributed by atoms with Crippen LogP contribution in [0.5, 0.6) is 0 Å². The molecule has 0 aromatic heterocycles. The van der Waals surface area contributed by atoms with E-state index in [1.54, 1.807) is 11.1 Å². The summed E-state index contributed by atoms with van der Waals surface area (Å²) in [5, 5.41) is 0. The van der Waals surface area contributed by atoms with Gasteiger partial charge in [-0.25, -0.2) is 0 Å². The molecule has 2 atom stereocenters. The summed E-state index contributed by atoms with van der Waals surface area (Å²) in [7, 11) is 0. The molecule has 1 heterocycles. The summed E-state index contributed by atoms with van der Waals surface area (Å²) in [6.07, 6.45) is 12.2. The maximum absolute atomic E-state index is 3.14. The van der Waals surface area contributed by atoms with Crippen molar-refractivity contribution in [2.75, 3.05) is 0 Å². The number of hydrogen-bond donors (Lipinski definition) is 0. The maximum atomic E-state index is 2.82. The van der Waals surface area contributed by atoms with Gasteiger partial charge >= 0.3 is 303 Å². The second kappa shape index (κ2) is 11.4. The predicted molar refractivity (Wildman–Crippen MR) is 209 cm³/mol. The molecule has 3 aliphatic carbocycles. The van der Waals surface area contributed by atoms with Gasteiger partial charge in [-0.2, -0.15) is 0 Å². The fourth-order valence-corrected chi connectivity index (χ4v) is 27.7. The van der Waals surface area contributed by atoms with Gasteiger partial charge in [-0.05, 0) is 0 Å². The Kier molecular flexibility index (Phi) is 7.74. The Labute approximate surface area is 301 Å². The molecular formula is C48H56Hf. The van der Waals surface area contributed by atoms with Gasteiger partial charge in [0.15, 0.2) is 0 Å². The molecular weight excluding hydrogens is 755 g/mol. The summed E-state index contributed by atoms with van der Waals surface area (Å²) in [5.74, 6) is 0. The van der Waals surface area contributed by atoms with Crippen molar-refractivity contribution in [3.05, 3.63) is 128 Å². The van der Waals surface area contributed by atoms with Crippen molar-refractivity contribution < 1.29 is 20.0 Å². The zero-order valence-electron chi connectivity index (χ0n) is 31.8. The van der Waals surface area contributed by atoms with Gasteiger partial charge in [0.2, 0.25) is 0 Å². The SMILES string of the molecule is Cc1cc(C(C)(C)C)ccc1-c1cccc2c1C=C1[CH]2[Hf]([CH3])([CH3])[CH]2C(=Cc3c(-c4ccc(C(C)(C)C)cc4C)cccc32)C12CCCCC2. The minimum atomic E-state index is -3.14. The predicted octanol–water partition coefficient (Wildman–Crippen LogP) is 14.0. The third-order valence-electron chi connectivity index (χ3n) is 13.2. The van der Waals surface area contributed by atoms with E-state index in [-0.39, 0.29) is 16.2 Å². The molecule has 4 aliphatic rings. The molecule has 2 fully saturated rings. The Morgan fingerprint density at radius 2 is 0.980 bits per heavy atom. The van der Waals surface area contributed by atoms with E-state index in [4.69, 9.17) is 0 Å². The third-order valence-corrected chi connectivity index (χ3v) is 28.4. The Morgan fingerprint density at radius 3 is 1.37 bits per heavy atom. The van der Waals surface area contributed by atoms with E-state index in [0.29, 0.717) is 7.35 Å². The van der Waals surface area contributed by atoms with Gasteiger partial charge in [0, 0.05) is 0 Å². The Morgan fingerprint density at radius 1 is 0.551 bits per heavy atom. The Bertz CT molecular complexity index is 1920. The standard InChI is InChI=1S/C46H50.2CH3.Hf/c1-30-24-34(44(3,4)5)18-20-38(30)40-16-12-14-32-26-36(28-42(32)40)46(22-10-9-11-23-46)37-27-33-15-13-17-41(43(33)29-37)39-21-19-35(25-31(39)2)45(6,7)8;;;/h12-21,24-29H,9-11,22-23H2,1-8H3;2*1H3;. The van der Waals surface area contributed by atoms with Crippen LogP contribution < -0.4 is 0 Å². The van der Waals surface area contributed by atoms with Crippen LogP contribution in [0.1, 0.15) is 126 Å². The Balaban J connectivity index is 1.31. The van der Waals surface area contributed by atoms with Crippen LogP contribution >= 0.6 is 0 Å². The fourth-order valence-electron chi connectivity index (χ4n) is 10.6. The van der Waals surface area contributed by atoms with Crippen LogP contribution in [-0.2, 0) is 30.8 Å². The average molecular weight is 811 g/mol. The monoisotopic (exact) mass is 812 g/mol. The summed E-state index contributed by atoms with van der Waals surface area (Å²) in [5.41, 5.74) is 21.9. The van der Waals surface area contributed by atoms with Crippen molar-refractivity contribution in [2.45, 2.75) is 115 Å². The summed E-state index contributed by atoms with van der Waals surface area (Å²) < 4.78 is 6.91. The van der Waals surface area contributed by atoms with Crippen LogP contribution in [0.15, 0.2) is 83.9 Å². The van der Waals surface area contributed by atoms with Crippen LogP contribution in [0.25, 0.3) is 34.4 Å². The molecule has 1 heteroatoms. The van der Waals surface area contributed by atoms with Gasteiger partial charge in [0.05, 0.1) is 0 Å². The molecule has 8 rings (SSSR count). The first kappa shape index (κ1) is 33.4. The van der Waals surface area contributed by atoms with Crippen LogP contribution in [0.2, 0.25) is 9.36 Å². The minimum absolute atomic E-state index is 0.154. The second-order valence-corrected chi connectivity index (χ2v) is 35.9. The zero-order chi connectivity index (χ0) is 34.7. The average Bonchev–Trinajstić information content (AvgIpc) is 3.66. The van der Waals surface area contributed by atoms with Gasteiger partial charge < -0.3 is 0 Å². The Hall–Kier alpha value is -2.77. The van der Waals surface area contributed by atoms with Crippen LogP contribution in [0, 0.1) is 19.3 Å². The van der Waals surface area contributed by atoms with Gasteiger partial charge in [-0.15, -0.1) is 0 Å². The molecule has 0 radical (unpaired) electrons. The quantitative estimate of drug-likeness (QED) is 0.177. The van der Waals surface area contributed by atoms with Crippen molar-refractivity contribution in [1.29, 1.82) is 0 Å². The summed E-state index contributed by atoms with van der Waals surface area (Å²) in [4.78, 5) is 0. The zero-order valence-corrected chi connectivity index (χ0v) is 35.4. The molecule has 0 bridgehead atoms. The van der Waals surface area contributed by atoms with Crippen molar-refractivity contribution in [3.63, 3.8) is 0 Å². The fraction of sp³-hybridized carbons (Fsp3) is 0.417. The molecule has 0 N–H and O–H groups in total. The van der Waals surface area contributed by atoms with E-state index in [2.05, 4.69) is 150 Å². The van der Waals surface area contributed by atoms with Crippen molar-refractivity contribution in [1.82, 2.24) is 0 Å². The van der Waals surface area contributed by atoms with Crippen molar-refractivity contribution in [2.24, 2.45) is 5.41 Å². The number of allylic oxidation sites excluding steroid dienone is 2. The molecule has 1 aliphatic heterocycles. The van der Waals surface area contributed by atoms with Gasteiger partial charge in [0.25, 0.3) is 0 Å². The third kappa shape index (κ3) is 5.06. The first-order chi connectivity index (χ1) is 23.1. The first-order valence-corrected chi connectivity index (χ1v) is 30.4. The molecule has 252 valence electrons. The molecule has 4 aromatic carbocycles. The normalized spacial score (nSPS) is 21.8.